The van der Waals surface area contributed by atoms with Gasteiger partial charge in [-0.05, 0) is 25.3 Å². The fourth-order valence-electron chi connectivity index (χ4n) is 2.34. The number of sulfonamides is 1. The second kappa shape index (κ2) is 4.87. The highest BCUT2D eigenvalue weighted by molar-refractivity contribution is 7.89. The van der Waals surface area contributed by atoms with Crippen LogP contribution in [0.25, 0.3) is 0 Å². The average molecular weight is 300 g/mol. The SMILES string of the molecule is O=C(O)c1cc(S(=O)(=O)NC2CCOC2)cn1C1CC1. The smallest absolute Gasteiger partial charge is 0.352 e. The molecule has 1 unspecified atom stereocenters. The normalized spacial score (nSPS) is 23.1. The standard InChI is InChI=1S/C12H16N2O5S/c15-12(16)11-5-10(6-14(11)9-1-2-9)20(17,18)13-8-3-4-19-7-8/h5-6,8-9,13H,1-4,7H2,(H,15,16). The lowest BCUT2D eigenvalue weighted by Crippen LogP contribution is -2.34. The van der Waals surface area contributed by atoms with Crippen LogP contribution in [-0.2, 0) is 14.8 Å². The van der Waals surface area contributed by atoms with Gasteiger partial charge in [-0.1, -0.05) is 0 Å². The van der Waals surface area contributed by atoms with Crippen molar-refractivity contribution in [2.75, 3.05) is 13.2 Å². The molecular weight excluding hydrogens is 284 g/mol. The number of carboxylic acid groups (broad SMARTS) is 1. The molecule has 2 N–H and O–H groups in total. The summed E-state index contributed by atoms with van der Waals surface area (Å²) in [5.74, 6) is -1.11. The van der Waals surface area contributed by atoms with E-state index in [2.05, 4.69) is 4.72 Å². The minimum absolute atomic E-state index is 0.00806. The van der Waals surface area contributed by atoms with E-state index in [9.17, 15) is 13.2 Å². The number of nitrogens with zero attached hydrogens (tertiary/aromatic N) is 1. The topological polar surface area (TPSA) is 97.6 Å². The molecule has 1 atom stereocenters. The van der Waals surface area contributed by atoms with Crippen molar-refractivity contribution in [3.63, 3.8) is 0 Å². The van der Waals surface area contributed by atoms with Crippen LogP contribution in [0.1, 0.15) is 35.8 Å². The predicted molar refractivity (Wildman–Crippen MR) is 69.2 cm³/mol. The molecule has 2 aliphatic rings. The molecule has 1 saturated heterocycles. The minimum Gasteiger partial charge on any atom is -0.477 e. The number of aromatic nitrogens is 1. The van der Waals surface area contributed by atoms with Crippen LogP contribution in [0.2, 0.25) is 0 Å². The highest BCUT2D eigenvalue weighted by atomic mass is 32.2. The Bertz CT molecular complexity index is 626. The van der Waals surface area contributed by atoms with Gasteiger partial charge in [-0.3, -0.25) is 0 Å². The van der Waals surface area contributed by atoms with Gasteiger partial charge in [-0.2, -0.15) is 0 Å². The summed E-state index contributed by atoms with van der Waals surface area (Å²) in [7, 11) is -3.70. The largest absolute Gasteiger partial charge is 0.477 e. The van der Waals surface area contributed by atoms with Crippen LogP contribution in [0.4, 0.5) is 0 Å². The lowest BCUT2D eigenvalue weighted by molar-refractivity contribution is 0.0685. The zero-order valence-corrected chi connectivity index (χ0v) is 11.6. The van der Waals surface area contributed by atoms with E-state index in [1.165, 1.54) is 12.3 Å². The van der Waals surface area contributed by atoms with Gasteiger partial charge in [0, 0.05) is 24.9 Å². The molecule has 1 aliphatic heterocycles. The first kappa shape index (κ1) is 13.6. The maximum atomic E-state index is 12.2. The van der Waals surface area contributed by atoms with Crippen molar-refractivity contribution in [2.24, 2.45) is 0 Å². The van der Waals surface area contributed by atoms with Crippen LogP contribution in [0, 0.1) is 0 Å². The molecule has 0 amide bonds. The lowest BCUT2D eigenvalue weighted by atomic mass is 10.3. The Kier molecular flexibility index (Phi) is 3.31. The van der Waals surface area contributed by atoms with Crippen LogP contribution in [0.15, 0.2) is 17.2 Å². The van der Waals surface area contributed by atoms with E-state index in [4.69, 9.17) is 9.84 Å². The quantitative estimate of drug-likeness (QED) is 0.829. The van der Waals surface area contributed by atoms with E-state index in [0.717, 1.165) is 12.8 Å². The maximum Gasteiger partial charge on any atom is 0.352 e. The van der Waals surface area contributed by atoms with E-state index in [1.807, 2.05) is 0 Å². The molecule has 3 rings (SSSR count). The first-order chi connectivity index (χ1) is 9.47. The number of hydrogen-bond donors (Lipinski definition) is 2. The predicted octanol–water partition coefficient (Wildman–Crippen LogP) is 0.588. The molecule has 8 heteroatoms. The van der Waals surface area contributed by atoms with Gasteiger partial charge < -0.3 is 14.4 Å². The zero-order valence-electron chi connectivity index (χ0n) is 10.8. The second-order valence-electron chi connectivity index (χ2n) is 5.19. The fraction of sp³-hybridized carbons (Fsp3) is 0.583. The Morgan fingerprint density at radius 3 is 2.70 bits per heavy atom. The number of ether oxygens (including phenoxy) is 1. The number of nitrogens with one attached hydrogen (secondary N) is 1. The number of hydrogen-bond acceptors (Lipinski definition) is 4. The molecule has 7 nitrogen and oxygen atoms in total. The van der Waals surface area contributed by atoms with Crippen molar-refractivity contribution in [1.29, 1.82) is 0 Å². The highest BCUT2D eigenvalue weighted by Crippen LogP contribution is 2.37. The zero-order chi connectivity index (χ0) is 14.3. The van der Waals surface area contributed by atoms with Gasteiger partial charge in [0.25, 0.3) is 0 Å². The van der Waals surface area contributed by atoms with Gasteiger partial charge in [0.2, 0.25) is 10.0 Å². The van der Waals surface area contributed by atoms with Gasteiger partial charge >= 0.3 is 5.97 Å². The molecule has 0 aromatic carbocycles. The second-order valence-corrected chi connectivity index (χ2v) is 6.90. The first-order valence-corrected chi connectivity index (χ1v) is 8.01. The number of aromatic carboxylic acids is 1. The van der Waals surface area contributed by atoms with E-state index in [0.29, 0.717) is 19.6 Å². The Labute approximate surface area is 116 Å². The van der Waals surface area contributed by atoms with E-state index in [1.54, 1.807) is 4.57 Å². The summed E-state index contributed by atoms with van der Waals surface area (Å²) in [5.41, 5.74) is 0.0237. The van der Waals surface area contributed by atoms with E-state index < -0.39 is 16.0 Å². The third-order valence-electron chi connectivity index (χ3n) is 3.54. The number of carboxylic acids is 1. The van der Waals surface area contributed by atoms with Crippen molar-refractivity contribution >= 4 is 16.0 Å². The third-order valence-corrected chi connectivity index (χ3v) is 5.03. The van der Waals surface area contributed by atoms with Gasteiger partial charge in [0.1, 0.15) is 10.6 Å². The van der Waals surface area contributed by atoms with Gasteiger partial charge in [0.15, 0.2) is 0 Å². The van der Waals surface area contributed by atoms with Gasteiger partial charge in [0.05, 0.1) is 6.61 Å². The summed E-state index contributed by atoms with van der Waals surface area (Å²) in [5, 5.41) is 9.15. The molecule has 1 saturated carbocycles. The Morgan fingerprint density at radius 1 is 1.40 bits per heavy atom. The summed E-state index contributed by atoms with van der Waals surface area (Å²) in [6.07, 6.45) is 3.82. The Hall–Kier alpha value is -1.38. The summed E-state index contributed by atoms with van der Waals surface area (Å²) in [6.45, 7) is 0.894. The Morgan fingerprint density at radius 2 is 2.15 bits per heavy atom. The van der Waals surface area contributed by atoms with E-state index >= 15 is 0 Å². The molecule has 1 aliphatic carbocycles. The molecule has 110 valence electrons. The fourth-order valence-corrected chi connectivity index (χ4v) is 3.62. The summed E-state index contributed by atoms with van der Waals surface area (Å²) >= 11 is 0. The van der Waals surface area contributed by atoms with Crippen molar-refractivity contribution < 1.29 is 23.1 Å². The first-order valence-electron chi connectivity index (χ1n) is 6.52. The molecule has 2 fully saturated rings. The van der Waals surface area contributed by atoms with Crippen LogP contribution < -0.4 is 4.72 Å². The van der Waals surface area contributed by atoms with E-state index in [-0.39, 0.29) is 22.7 Å². The van der Waals surface area contributed by atoms with Crippen LogP contribution in [0.3, 0.4) is 0 Å². The summed E-state index contributed by atoms with van der Waals surface area (Å²) in [6, 6.07) is 1.09. The van der Waals surface area contributed by atoms with Crippen LogP contribution in [-0.4, -0.2) is 43.3 Å². The maximum absolute atomic E-state index is 12.2. The number of carbonyl (C=O) groups is 1. The molecule has 1 aromatic rings. The van der Waals surface area contributed by atoms with Gasteiger partial charge in [-0.25, -0.2) is 17.9 Å². The molecule has 2 heterocycles. The van der Waals surface area contributed by atoms with Crippen molar-refractivity contribution in [2.45, 2.75) is 36.2 Å². The minimum atomic E-state index is -3.70. The average Bonchev–Trinajstić information content (AvgIpc) is 2.90. The summed E-state index contributed by atoms with van der Waals surface area (Å²) < 4.78 is 33.7. The molecule has 1 aromatic heterocycles. The Balaban J connectivity index is 1.88. The third kappa shape index (κ3) is 2.58. The van der Waals surface area contributed by atoms with Crippen molar-refractivity contribution in [1.82, 2.24) is 9.29 Å². The van der Waals surface area contributed by atoms with Crippen LogP contribution >= 0.6 is 0 Å². The highest BCUT2D eigenvalue weighted by Gasteiger charge is 2.31. The molecule has 0 spiro atoms. The lowest BCUT2D eigenvalue weighted by Gasteiger charge is -2.09. The number of rotatable bonds is 5. The van der Waals surface area contributed by atoms with Crippen molar-refractivity contribution in [3.8, 4) is 0 Å². The van der Waals surface area contributed by atoms with Gasteiger partial charge in [-0.15, -0.1) is 0 Å². The summed E-state index contributed by atoms with van der Waals surface area (Å²) in [4.78, 5) is 11.2. The molecule has 20 heavy (non-hydrogen) atoms. The molecule has 0 radical (unpaired) electrons. The van der Waals surface area contributed by atoms with Crippen LogP contribution in [0.5, 0.6) is 0 Å². The molecular formula is C12H16N2O5S. The molecule has 0 bridgehead atoms. The monoisotopic (exact) mass is 300 g/mol. The van der Waals surface area contributed by atoms with Crippen molar-refractivity contribution in [3.05, 3.63) is 18.0 Å².